The second kappa shape index (κ2) is 22.9. The first-order chi connectivity index (χ1) is 3.46. The van der Waals surface area contributed by atoms with Gasteiger partial charge in [0.1, 0.15) is 0 Å². The predicted molar refractivity (Wildman–Crippen MR) is 26.7 cm³/mol. The summed E-state index contributed by atoms with van der Waals surface area (Å²) in [5, 5.41) is 33.3. The summed E-state index contributed by atoms with van der Waals surface area (Å²) in [6.07, 6.45) is -4.67. The number of hydrogen-bond acceptors (Lipinski definition) is 6. The third-order valence-electron chi connectivity index (χ3n) is 0. The molecule has 0 amide bonds. The summed E-state index contributed by atoms with van der Waals surface area (Å²) in [7, 11) is 0. The molecule has 0 N–H and O–H groups in total. The van der Waals surface area contributed by atoms with Crippen LogP contribution in [0.15, 0.2) is 0 Å². The van der Waals surface area contributed by atoms with Crippen molar-refractivity contribution in [2.75, 3.05) is 0 Å². The Labute approximate surface area is 165 Å². The first-order valence-corrected chi connectivity index (χ1v) is 1.22. The summed E-state index contributed by atoms with van der Waals surface area (Å²) in [6, 6.07) is 0. The molecule has 0 unspecified atom stereocenters. The molecule has 0 aliphatic rings. The molecule has 0 atom stereocenters. The second-order valence-corrected chi connectivity index (χ2v) is 0.500. The van der Waals surface area contributed by atoms with Gasteiger partial charge in [0.15, 0.2) is 0 Å². The molecule has 0 saturated heterocycles. The van der Waals surface area contributed by atoms with Gasteiger partial charge in [0, 0.05) is 0 Å². The fourth-order valence-electron chi connectivity index (χ4n) is 0. The van der Waals surface area contributed by atoms with Crippen molar-refractivity contribution in [2.24, 2.45) is 0 Å². The molecule has 0 spiro atoms. The molecule has 0 aromatic heterocycles. The van der Waals surface area contributed by atoms with E-state index in [0.717, 1.165) is 0 Å². The average molecular weight is 440 g/mol. The summed E-state index contributed by atoms with van der Waals surface area (Å²) < 4.78 is 0. The topological polar surface area (TPSA) is 126 Å². The Morgan fingerprint density at radius 3 is 0.909 bits per heavy atom. The van der Waals surface area contributed by atoms with Crippen LogP contribution in [0.3, 0.4) is 0 Å². The maximum atomic E-state index is 8.33. The minimum absolute atomic E-state index is 0. The Morgan fingerprint density at radius 2 is 0.909 bits per heavy atom. The van der Waals surface area contributed by atoms with Crippen LogP contribution in [0.25, 0.3) is 0 Å². The van der Waals surface area contributed by atoms with Gasteiger partial charge in [0.25, 0.3) is 0 Å². The van der Waals surface area contributed by atoms with Gasteiger partial charge in [-0.05, 0) is 12.3 Å². The molecule has 0 aliphatic heterocycles. The van der Waals surface area contributed by atoms with Gasteiger partial charge in [-0.15, -0.1) is 0 Å². The molecular weight excluding hydrogens is 436 g/mol. The molecule has 0 saturated carbocycles. The van der Waals surface area contributed by atoms with E-state index >= 15 is 0 Å². The Balaban J connectivity index is -0.00000000468. The van der Waals surface area contributed by atoms with Crippen LogP contribution in [0, 0.1) is 0 Å². The van der Waals surface area contributed by atoms with Gasteiger partial charge < -0.3 is 35.7 Å². The molecule has 56 valence electrons. The zero-order chi connectivity index (χ0) is 7.15. The minimum atomic E-state index is -2.33. The normalized spacial score (nSPS) is 4.36. The smallest absolute Gasteiger partial charge is 1.00 e. The standard InChI is InChI=1S/2CH2O3.Ba.Sr.Zr.4H/c2*2-1(3)4;;;;;;;/h2*(H2,2,3,4);;;;;;;/q;;2*+2;+4;4*-1/p-4. The SMILES string of the molecule is O=C([O-])[O-].O=C([O-])[O-].[Ba+2].[H-].[H-].[H-].[H-].[Sr+2].[Zr+4]. The maximum absolute atomic E-state index is 8.33. The molecule has 9 heteroatoms. The van der Waals surface area contributed by atoms with Crippen LogP contribution in [0.1, 0.15) is 5.71 Å². The molecule has 0 radical (unpaired) electrons. The first kappa shape index (κ1) is 29.2. The van der Waals surface area contributed by atoms with Crippen molar-refractivity contribution in [2.45, 2.75) is 0 Å². The molecule has 0 aromatic rings. The van der Waals surface area contributed by atoms with E-state index < -0.39 is 12.3 Å². The second-order valence-electron chi connectivity index (χ2n) is 0.500. The molecule has 11 heavy (non-hydrogen) atoms. The molecule has 0 rings (SSSR count). The monoisotopic (exact) mass is 440 g/mol. The Morgan fingerprint density at radius 1 is 0.909 bits per heavy atom. The molecule has 0 bridgehead atoms. The van der Waals surface area contributed by atoms with E-state index in [4.69, 9.17) is 30.0 Å². The Hall–Kier alpha value is 2.48. The third kappa shape index (κ3) is 223. The Kier molecular flexibility index (Phi) is 60.7. The molecule has 0 aliphatic carbocycles. The summed E-state index contributed by atoms with van der Waals surface area (Å²) in [5.41, 5.74) is 0. The van der Waals surface area contributed by atoms with Crippen LogP contribution in [0.5, 0.6) is 0 Å². The van der Waals surface area contributed by atoms with Gasteiger partial charge in [0.05, 0.1) is 0 Å². The van der Waals surface area contributed by atoms with Crippen molar-refractivity contribution in [1.29, 1.82) is 0 Å². The fraction of sp³-hybridized carbons (Fsp3) is 0. The maximum Gasteiger partial charge on any atom is 4.00 e. The van der Waals surface area contributed by atoms with Crippen LogP contribution < -0.4 is 20.4 Å². The van der Waals surface area contributed by atoms with E-state index in [2.05, 4.69) is 0 Å². The van der Waals surface area contributed by atoms with Crippen molar-refractivity contribution in [3.8, 4) is 0 Å². The first-order valence-electron chi connectivity index (χ1n) is 1.22. The van der Waals surface area contributed by atoms with E-state index in [9.17, 15) is 0 Å². The molecule has 6 nitrogen and oxygen atoms in total. The predicted octanol–water partition coefficient (Wildman–Crippen LogP) is -5.21. The molecule has 0 aromatic carbocycles. The number of hydrogen-bond donors (Lipinski definition) is 0. The van der Waals surface area contributed by atoms with Crippen molar-refractivity contribution in [3.63, 3.8) is 0 Å². The zero-order valence-corrected chi connectivity index (χ0v) is 15.7. The van der Waals surface area contributed by atoms with Crippen LogP contribution in [-0.2, 0) is 26.2 Å². The summed E-state index contributed by atoms with van der Waals surface area (Å²) in [4.78, 5) is 16.7. The van der Waals surface area contributed by atoms with Crippen molar-refractivity contribution in [1.82, 2.24) is 0 Å². The number of carbonyl (C=O) groups is 2. The van der Waals surface area contributed by atoms with Gasteiger partial charge >= 0.3 is 121 Å². The average Bonchev–Trinajstić information content (AvgIpc) is 1.25. The zero-order valence-electron chi connectivity index (χ0n) is 9.36. The summed E-state index contributed by atoms with van der Waals surface area (Å²) >= 11 is 0. The Bertz CT molecular complexity index is 91.1. The number of rotatable bonds is 0. The van der Waals surface area contributed by atoms with Gasteiger partial charge in [-0.1, -0.05) is 0 Å². The van der Waals surface area contributed by atoms with Crippen LogP contribution in [-0.4, -0.2) is 107 Å². The van der Waals surface area contributed by atoms with E-state index in [1.54, 1.807) is 0 Å². The van der Waals surface area contributed by atoms with Gasteiger partial charge in [-0.25, -0.2) is 0 Å². The quantitative estimate of drug-likeness (QED) is 0.347. The number of carboxylic acid groups (broad SMARTS) is 4. The fourth-order valence-corrected chi connectivity index (χ4v) is 0. The van der Waals surface area contributed by atoms with Crippen molar-refractivity contribution in [3.05, 3.63) is 0 Å². The van der Waals surface area contributed by atoms with Gasteiger partial charge in [-0.3, -0.25) is 0 Å². The van der Waals surface area contributed by atoms with Crippen LogP contribution in [0.2, 0.25) is 0 Å². The molecule has 0 fully saturated rings. The van der Waals surface area contributed by atoms with E-state index in [0.29, 0.717) is 0 Å². The van der Waals surface area contributed by atoms with Gasteiger partial charge in [-0.2, -0.15) is 0 Å². The van der Waals surface area contributed by atoms with Crippen LogP contribution in [0.4, 0.5) is 9.59 Å². The van der Waals surface area contributed by atoms with Crippen molar-refractivity contribution >= 4 is 107 Å². The minimum Gasteiger partial charge on any atom is -1.00 e. The third-order valence-corrected chi connectivity index (χ3v) is 0. The van der Waals surface area contributed by atoms with Crippen molar-refractivity contribution < 1.29 is 61.9 Å². The molecule has 0 heterocycles. The van der Waals surface area contributed by atoms with E-state index in [-0.39, 0.29) is 126 Å². The summed E-state index contributed by atoms with van der Waals surface area (Å²) in [6.45, 7) is 0. The van der Waals surface area contributed by atoms with Gasteiger partial charge in [0.2, 0.25) is 0 Å². The van der Waals surface area contributed by atoms with Crippen LogP contribution >= 0.6 is 0 Å². The largest absolute Gasteiger partial charge is 4.00 e. The molecular formula is C2H4BaO6SrZr. The number of carbonyl (C=O) groups excluding carboxylic acids is 2. The van der Waals surface area contributed by atoms with E-state index in [1.165, 1.54) is 0 Å². The summed E-state index contributed by atoms with van der Waals surface area (Å²) in [5.74, 6) is 0. The van der Waals surface area contributed by atoms with E-state index in [1.807, 2.05) is 0 Å².